The van der Waals surface area contributed by atoms with Crippen molar-refractivity contribution in [3.05, 3.63) is 65.9 Å². The molecule has 0 bridgehead atoms. The van der Waals surface area contributed by atoms with Crippen LogP contribution in [0.15, 0.2) is 60.3 Å². The number of fused-ring (bicyclic) bond motifs is 4. The first kappa shape index (κ1) is 19.9. The molecule has 0 saturated carbocycles. The standard InChI is InChI=1S/C25H25NO5/c1-15-19-9-7-16(5-3-11-25(2)22(31-25)21(19)30-23(15)27)14-29-24(28)18-8-10-20-17(13-18)6-4-12-26-20/h4-6,8,10,12-13,19,21-22H,1,3,7,9,11,14H2,2H3/t19-,21-,22-,25+/m0/s1. The molecule has 2 aromatic rings. The van der Waals surface area contributed by atoms with Gasteiger partial charge in [0.2, 0.25) is 0 Å². The van der Waals surface area contributed by atoms with E-state index in [2.05, 4.69) is 24.6 Å². The van der Waals surface area contributed by atoms with Crippen LogP contribution in [0.4, 0.5) is 0 Å². The number of hydrogen-bond acceptors (Lipinski definition) is 6. The van der Waals surface area contributed by atoms with Crippen LogP contribution in [-0.2, 0) is 19.0 Å². The molecule has 1 aromatic carbocycles. The van der Waals surface area contributed by atoms with Crippen molar-refractivity contribution in [2.45, 2.75) is 50.4 Å². The highest BCUT2D eigenvalue weighted by Crippen LogP contribution is 2.49. The van der Waals surface area contributed by atoms with Gasteiger partial charge in [0.1, 0.15) is 18.8 Å². The Morgan fingerprint density at radius 2 is 2.23 bits per heavy atom. The molecule has 4 atom stereocenters. The van der Waals surface area contributed by atoms with Crippen LogP contribution in [0.25, 0.3) is 10.9 Å². The molecular weight excluding hydrogens is 394 g/mol. The summed E-state index contributed by atoms with van der Waals surface area (Å²) in [4.78, 5) is 29.0. The number of pyridine rings is 1. The Morgan fingerprint density at radius 1 is 1.35 bits per heavy atom. The van der Waals surface area contributed by atoms with Crippen molar-refractivity contribution in [2.75, 3.05) is 6.61 Å². The van der Waals surface area contributed by atoms with Crippen LogP contribution in [0.3, 0.4) is 0 Å². The molecule has 0 unspecified atom stereocenters. The first-order valence-corrected chi connectivity index (χ1v) is 10.7. The Labute approximate surface area is 180 Å². The van der Waals surface area contributed by atoms with Gasteiger partial charge in [-0.3, -0.25) is 4.98 Å². The maximum absolute atomic E-state index is 12.6. The summed E-state index contributed by atoms with van der Waals surface area (Å²) in [5.41, 5.74) is 2.63. The number of rotatable bonds is 3. The predicted molar refractivity (Wildman–Crippen MR) is 114 cm³/mol. The van der Waals surface area contributed by atoms with Crippen LogP contribution in [0.1, 0.15) is 43.0 Å². The summed E-state index contributed by atoms with van der Waals surface area (Å²) in [7, 11) is 0. The molecule has 160 valence electrons. The van der Waals surface area contributed by atoms with Gasteiger partial charge in [0.05, 0.1) is 16.7 Å². The Balaban J connectivity index is 1.28. The van der Waals surface area contributed by atoms with Gasteiger partial charge >= 0.3 is 11.9 Å². The van der Waals surface area contributed by atoms with Gasteiger partial charge < -0.3 is 14.2 Å². The fraction of sp³-hybridized carbons (Fsp3) is 0.400. The molecule has 2 saturated heterocycles. The van der Waals surface area contributed by atoms with Crippen molar-refractivity contribution < 1.29 is 23.8 Å². The second-order valence-electron chi connectivity index (χ2n) is 8.78. The van der Waals surface area contributed by atoms with E-state index in [0.29, 0.717) is 11.1 Å². The summed E-state index contributed by atoms with van der Waals surface area (Å²) in [6, 6.07) is 9.12. The molecule has 2 aliphatic heterocycles. The lowest BCUT2D eigenvalue weighted by Crippen LogP contribution is -2.29. The summed E-state index contributed by atoms with van der Waals surface area (Å²) in [6.07, 6.45) is 6.64. The molecule has 5 rings (SSSR count). The van der Waals surface area contributed by atoms with Crippen molar-refractivity contribution in [2.24, 2.45) is 5.92 Å². The first-order chi connectivity index (χ1) is 14.9. The van der Waals surface area contributed by atoms with E-state index in [1.165, 1.54) is 0 Å². The molecule has 0 N–H and O–H groups in total. The van der Waals surface area contributed by atoms with Crippen LogP contribution < -0.4 is 0 Å². The molecule has 0 amide bonds. The topological polar surface area (TPSA) is 78.0 Å². The molecule has 1 aromatic heterocycles. The molecule has 6 heteroatoms. The monoisotopic (exact) mass is 419 g/mol. The molecular formula is C25H25NO5. The zero-order valence-electron chi connectivity index (χ0n) is 17.5. The lowest BCUT2D eigenvalue weighted by atomic mass is 9.84. The number of nitrogens with zero attached hydrogens (tertiary/aromatic N) is 1. The maximum Gasteiger partial charge on any atom is 0.338 e. The second kappa shape index (κ2) is 7.61. The van der Waals surface area contributed by atoms with Crippen molar-refractivity contribution >= 4 is 22.8 Å². The van der Waals surface area contributed by atoms with Crippen molar-refractivity contribution in [1.82, 2.24) is 4.98 Å². The molecule has 3 heterocycles. The average molecular weight is 419 g/mol. The van der Waals surface area contributed by atoms with Gasteiger partial charge in [-0.05, 0) is 62.4 Å². The number of allylic oxidation sites excluding steroid dienone is 1. The van der Waals surface area contributed by atoms with Crippen LogP contribution in [0.5, 0.6) is 0 Å². The highest BCUT2D eigenvalue weighted by Gasteiger charge is 2.61. The molecule has 1 aliphatic carbocycles. The Bertz CT molecular complexity index is 1110. The smallest absolute Gasteiger partial charge is 0.338 e. The quantitative estimate of drug-likeness (QED) is 0.322. The minimum Gasteiger partial charge on any atom is -0.458 e. The SMILES string of the molecule is C=C1C(=O)O[C@H]2[C@H]1CCC(COC(=O)c1ccc3ncccc3c1)=CCC[C@@]1(C)O[C@@H]21. The van der Waals surface area contributed by atoms with E-state index < -0.39 is 0 Å². The molecule has 3 aliphatic rings. The summed E-state index contributed by atoms with van der Waals surface area (Å²) in [5, 5.41) is 0.901. The van der Waals surface area contributed by atoms with Crippen LogP contribution in [0, 0.1) is 5.92 Å². The lowest BCUT2D eigenvalue weighted by Gasteiger charge is -2.20. The van der Waals surface area contributed by atoms with Gasteiger partial charge in [0.15, 0.2) is 0 Å². The Morgan fingerprint density at radius 3 is 3.10 bits per heavy atom. The van der Waals surface area contributed by atoms with Crippen molar-refractivity contribution in [1.29, 1.82) is 0 Å². The van der Waals surface area contributed by atoms with Crippen molar-refractivity contribution in [3.8, 4) is 0 Å². The zero-order chi connectivity index (χ0) is 21.6. The number of carbonyl (C=O) groups is 2. The minimum absolute atomic E-state index is 0.0594. The van der Waals surface area contributed by atoms with Gasteiger partial charge in [0.25, 0.3) is 0 Å². The Kier molecular flexibility index (Phi) is 4.89. The molecule has 6 nitrogen and oxygen atoms in total. The number of benzene rings is 1. The van der Waals surface area contributed by atoms with E-state index in [4.69, 9.17) is 14.2 Å². The van der Waals surface area contributed by atoms with Crippen molar-refractivity contribution in [3.63, 3.8) is 0 Å². The summed E-state index contributed by atoms with van der Waals surface area (Å²) in [5.74, 6) is -0.748. The van der Waals surface area contributed by atoms with Gasteiger partial charge in [-0.25, -0.2) is 9.59 Å². The maximum atomic E-state index is 12.6. The number of esters is 2. The highest BCUT2D eigenvalue weighted by molar-refractivity contribution is 5.94. The van der Waals surface area contributed by atoms with E-state index in [0.717, 1.165) is 42.2 Å². The first-order valence-electron chi connectivity index (χ1n) is 10.7. The third kappa shape index (κ3) is 3.76. The number of ether oxygens (including phenoxy) is 3. The Hall–Kier alpha value is -2.99. The second-order valence-corrected chi connectivity index (χ2v) is 8.78. The van der Waals surface area contributed by atoms with Gasteiger partial charge in [-0.2, -0.15) is 0 Å². The van der Waals surface area contributed by atoms with Crippen LogP contribution in [0.2, 0.25) is 0 Å². The number of aromatic nitrogens is 1. The number of epoxide rings is 1. The summed E-state index contributed by atoms with van der Waals surface area (Å²) >= 11 is 0. The number of carbonyl (C=O) groups excluding carboxylic acids is 2. The van der Waals surface area contributed by atoms with E-state index in [9.17, 15) is 9.59 Å². The average Bonchev–Trinajstić information content (AvgIpc) is 3.37. The van der Waals surface area contributed by atoms with E-state index in [-0.39, 0.29) is 42.3 Å². The van der Waals surface area contributed by atoms with Gasteiger partial charge in [0, 0.05) is 23.1 Å². The van der Waals surface area contributed by atoms with Crippen LogP contribution in [-0.4, -0.2) is 41.3 Å². The van der Waals surface area contributed by atoms with E-state index in [1.807, 2.05) is 18.2 Å². The highest BCUT2D eigenvalue weighted by atomic mass is 16.6. The molecule has 0 spiro atoms. The van der Waals surface area contributed by atoms with Gasteiger partial charge in [-0.15, -0.1) is 0 Å². The predicted octanol–water partition coefficient (Wildman–Crippen LogP) is 4.15. The van der Waals surface area contributed by atoms with E-state index >= 15 is 0 Å². The summed E-state index contributed by atoms with van der Waals surface area (Å²) < 4.78 is 17.1. The fourth-order valence-electron chi connectivity index (χ4n) is 4.70. The molecule has 2 fully saturated rings. The third-order valence-electron chi connectivity index (χ3n) is 6.67. The summed E-state index contributed by atoms with van der Waals surface area (Å²) in [6.45, 7) is 6.23. The molecule has 31 heavy (non-hydrogen) atoms. The largest absolute Gasteiger partial charge is 0.458 e. The number of hydrogen-bond donors (Lipinski definition) is 0. The third-order valence-corrected chi connectivity index (χ3v) is 6.67. The minimum atomic E-state index is -0.358. The van der Waals surface area contributed by atoms with Crippen LogP contribution >= 0.6 is 0 Å². The van der Waals surface area contributed by atoms with E-state index in [1.54, 1.807) is 18.3 Å². The lowest BCUT2D eigenvalue weighted by molar-refractivity contribution is -0.140. The zero-order valence-corrected chi connectivity index (χ0v) is 17.5. The molecule has 0 radical (unpaired) electrons. The fourth-order valence-corrected chi connectivity index (χ4v) is 4.70. The van der Waals surface area contributed by atoms with Gasteiger partial charge in [-0.1, -0.05) is 18.7 Å². The normalized spacial score (nSPS) is 30.1.